The fraction of sp³-hybridized carbons (Fsp3) is 0.571. The van der Waals surface area contributed by atoms with Crippen LogP contribution in [0.2, 0.25) is 0 Å². The van der Waals surface area contributed by atoms with E-state index in [1.807, 2.05) is 6.20 Å². The number of nitrogens with zero attached hydrogens (tertiary/aromatic N) is 1. The van der Waals surface area contributed by atoms with E-state index in [0.717, 1.165) is 18.7 Å². The average molecular weight is 139 g/mol. The maximum Gasteiger partial charge on any atom is 0.107 e. The van der Waals surface area contributed by atoms with E-state index in [2.05, 4.69) is 16.9 Å². The topological polar surface area (TPSA) is 54.7 Å². The first-order valence-corrected chi connectivity index (χ1v) is 3.56. The monoisotopic (exact) mass is 139 g/mol. The molecule has 0 amide bonds. The first-order chi connectivity index (χ1) is 4.83. The van der Waals surface area contributed by atoms with Crippen LogP contribution in [0.3, 0.4) is 0 Å². The van der Waals surface area contributed by atoms with Crippen LogP contribution in [0.4, 0.5) is 0 Å². The first kappa shape index (κ1) is 7.28. The number of imidazole rings is 1. The summed E-state index contributed by atoms with van der Waals surface area (Å²) < 4.78 is 0. The summed E-state index contributed by atoms with van der Waals surface area (Å²) in [6.07, 6.45) is 5.42. The van der Waals surface area contributed by atoms with Crippen molar-refractivity contribution in [1.29, 1.82) is 0 Å². The molecule has 0 aromatic carbocycles. The van der Waals surface area contributed by atoms with Crippen LogP contribution in [-0.2, 0) is 6.42 Å². The standard InChI is InChI=1S/C7H13N3/c1-2-6(8)5-7-9-3-4-10-7/h3-4,6H,2,5,8H2,1H3,(H,9,10)/t6-/m0/s1. The molecule has 0 aliphatic heterocycles. The predicted molar refractivity (Wildman–Crippen MR) is 40.6 cm³/mol. The zero-order valence-electron chi connectivity index (χ0n) is 6.17. The number of aromatic amines is 1. The smallest absolute Gasteiger partial charge is 0.107 e. The molecule has 0 bridgehead atoms. The number of hydrogen-bond acceptors (Lipinski definition) is 2. The quantitative estimate of drug-likeness (QED) is 0.647. The van der Waals surface area contributed by atoms with Gasteiger partial charge in [-0.25, -0.2) is 4.98 Å². The highest BCUT2D eigenvalue weighted by atomic mass is 14.9. The molecule has 3 heteroatoms. The van der Waals surface area contributed by atoms with Crippen LogP contribution in [0, 0.1) is 0 Å². The number of hydrogen-bond donors (Lipinski definition) is 2. The van der Waals surface area contributed by atoms with Crippen LogP contribution in [-0.4, -0.2) is 16.0 Å². The molecule has 1 aromatic heterocycles. The minimum absolute atomic E-state index is 0.242. The van der Waals surface area contributed by atoms with E-state index in [0.29, 0.717) is 0 Å². The minimum atomic E-state index is 0.242. The number of rotatable bonds is 3. The maximum absolute atomic E-state index is 5.70. The van der Waals surface area contributed by atoms with E-state index in [4.69, 9.17) is 5.73 Å². The fourth-order valence-corrected chi connectivity index (χ4v) is 0.802. The van der Waals surface area contributed by atoms with Crippen molar-refractivity contribution in [2.45, 2.75) is 25.8 Å². The van der Waals surface area contributed by atoms with Crippen LogP contribution >= 0.6 is 0 Å². The van der Waals surface area contributed by atoms with Crippen LogP contribution in [0.25, 0.3) is 0 Å². The van der Waals surface area contributed by atoms with E-state index in [1.165, 1.54) is 0 Å². The molecule has 0 aliphatic carbocycles. The normalized spacial score (nSPS) is 13.4. The molecule has 1 aromatic rings. The van der Waals surface area contributed by atoms with Crippen molar-refractivity contribution in [3.8, 4) is 0 Å². The molecule has 0 spiro atoms. The molecule has 56 valence electrons. The van der Waals surface area contributed by atoms with Gasteiger partial charge < -0.3 is 10.7 Å². The molecule has 0 fully saturated rings. The molecule has 1 heterocycles. The second-order valence-corrected chi connectivity index (χ2v) is 2.41. The molecule has 1 rings (SSSR count). The summed E-state index contributed by atoms with van der Waals surface area (Å²) in [7, 11) is 0. The van der Waals surface area contributed by atoms with Crippen molar-refractivity contribution in [3.63, 3.8) is 0 Å². The van der Waals surface area contributed by atoms with Gasteiger partial charge >= 0.3 is 0 Å². The molecule has 0 saturated carbocycles. The minimum Gasteiger partial charge on any atom is -0.349 e. The third kappa shape index (κ3) is 1.84. The third-order valence-electron chi connectivity index (χ3n) is 1.53. The number of nitrogens with one attached hydrogen (secondary N) is 1. The average Bonchev–Trinajstić information content (AvgIpc) is 2.40. The summed E-state index contributed by atoms with van der Waals surface area (Å²) in [5.74, 6) is 0.981. The van der Waals surface area contributed by atoms with Crippen molar-refractivity contribution in [2.24, 2.45) is 5.73 Å². The number of H-pyrrole nitrogens is 1. The molecule has 3 nitrogen and oxygen atoms in total. The second kappa shape index (κ2) is 3.37. The van der Waals surface area contributed by atoms with E-state index in [1.54, 1.807) is 6.20 Å². The zero-order chi connectivity index (χ0) is 7.40. The van der Waals surface area contributed by atoms with Crippen LogP contribution in [0.15, 0.2) is 12.4 Å². The van der Waals surface area contributed by atoms with Gasteiger partial charge in [-0.05, 0) is 6.42 Å². The van der Waals surface area contributed by atoms with Gasteiger partial charge in [-0.2, -0.15) is 0 Å². The lowest BCUT2D eigenvalue weighted by Crippen LogP contribution is -2.21. The molecule has 0 radical (unpaired) electrons. The lowest BCUT2D eigenvalue weighted by molar-refractivity contribution is 0.629. The molecular formula is C7H13N3. The van der Waals surface area contributed by atoms with Gasteiger partial charge in [0, 0.05) is 24.9 Å². The Morgan fingerprint density at radius 1 is 1.80 bits per heavy atom. The van der Waals surface area contributed by atoms with E-state index < -0.39 is 0 Å². The van der Waals surface area contributed by atoms with Crippen LogP contribution in [0.5, 0.6) is 0 Å². The zero-order valence-corrected chi connectivity index (χ0v) is 6.17. The highest BCUT2D eigenvalue weighted by molar-refractivity contribution is 4.89. The van der Waals surface area contributed by atoms with E-state index in [9.17, 15) is 0 Å². The van der Waals surface area contributed by atoms with Gasteiger partial charge in [-0.1, -0.05) is 6.92 Å². The Labute approximate surface area is 60.7 Å². The van der Waals surface area contributed by atoms with Crippen LogP contribution < -0.4 is 5.73 Å². The highest BCUT2D eigenvalue weighted by Gasteiger charge is 2.01. The second-order valence-electron chi connectivity index (χ2n) is 2.41. The Bertz CT molecular complexity index is 169. The first-order valence-electron chi connectivity index (χ1n) is 3.56. The van der Waals surface area contributed by atoms with Gasteiger partial charge in [0.15, 0.2) is 0 Å². The molecule has 10 heavy (non-hydrogen) atoms. The van der Waals surface area contributed by atoms with Gasteiger partial charge in [0.25, 0.3) is 0 Å². The molecule has 0 saturated heterocycles. The van der Waals surface area contributed by atoms with Gasteiger partial charge in [0.2, 0.25) is 0 Å². The van der Waals surface area contributed by atoms with E-state index in [-0.39, 0.29) is 6.04 Å². The van der Waals surface area contributed by atoms with Gasteiger partial charge in [0.1, 0.15) is 5.82 Å². The van der Waals surface area contributed by atoms with Crippen molar-refractivity contribution < 1.29 is 0 Å². The van der Waals surface area contributed by atoms with Crippen molar-refractivity contribution in [3.05, 3.63) is 18.2 Å². The Morgan fingerprint density at radius 2 is 2.60 bits per heavy atom. The predicted octanol–water partition coefficient (Wildman–Crippen LogP) is 0.690. The summed E-state index contributed by atoms with van der Waals surface area (Å²) in [5, 5.41) is 0. The molecule has 0 aliphatic rings. The Balaban J connectivity index is 2.40. The maximum atomic E-state index is 5.70. The summed E-state index contributed by atoms with van der Waals surface area (Å²) >= 11 is 0. The Hall–Kier alpha value is -0.830. The highest BCUT2D eigenvalue weighted by Crippen LogP contribution is 1.96. The Kier molecular flexibility index (Phi) is 2.45. The summed E-state index contributed by atoms with van der Waals surface area (Å²) in [4.78, 5) is 7.08. The van der Waals surface area contributed by atoms with Crippen molar-refractivity contribution in [2.75, 3.05) is 0 Å². The van der Waals surface area contributed by atoms with Gasteiger partial charge in [0.05, 0.1) is 0 Å². The fourth-order valence-electron chi connectivity index (χ4n) is 0.802. The molecule has 1 atom stereocenters. The molecule has 3 N–H and O–H groups in total. The largest absolute Gasteiger partial charge is 0.349 e. The van der Waals surface area contributed by atoms with Gasteiger partial charge in [-0.15, -0.1) is 0 Å². The van der Waals surface area contributed by atoms with E-state index >= 15 is 0 Å². The number of nitrogens with two attached hydrogens (primary N) is 1. The molecule has 0 unspecified atom stereocenters. The third-order valence-corrected chi connectivity index (χ3v) is 1.53. The Morgan fingerprint density at radius 3 is 3.10 bits per heavy atom. The van der Waals surface area contributed by atoms with Crippen molar-refractivity contribution in [1.82, 2.24) is 9.97 Å². The summed E-state index contributed by atoms with van der Waals surface area (Å²) in [5.41, 5.74) is 5.70. The summed E-state index contributed by atoms with van der Waals surface area (Å²) in [6.45, 7) is 2.08. The molecular weight excluding hydrogens is 126 g/mol. The number of aromatic nitrogens is 2. The van der Waals surface area contributed by atoms with Crippen molar-refractivity contribution >= 4 is 0 Å². The SMILES string of the molecule is CC[C@H](N)Cc1ncc[nH]1. The lowest BCUT2D eigenvalue weighted by Gasteiger charge is -2.04. The summed E-state index contributed by atoms with van der Waals surface area (Å²) in [6, 6.07) is 0.242. The van der Waals surface area contributed by atoms with Gasteiger partial charge in [-0.3, -0.25) is 0 Å². The lowest BCUT2D eigenvalue weighted by atomic mass is 10.2. The van der Waals surface area contributed by atoms with Crippen LogP contribution in [0.1, 0.15) is 19.2 Å².